The summed E-state index contributed by atoms with van der Waals surface area (Å²) in [5.74, 6) is 0.806. The van der Waals surface area contributed by atoms with Crippen LogP contribution in [0.1, 0.15) is 5.69 Å². The first-order chi connectivity index (χ1) is 14.7. The van der Waals surface area contributed by atoms with Crippen molar-refractivity contribution in [2.24, 2.45) is 0 Å². The maximum Gasteiger partial charge on any atom is 0.258 e. The van der Waals surface area contributed by atoms with Crippen LogP contribution in [-0.2, 0) is 5.75 Å². The van der Waals surface area contributed by atoms with Crippen molar-refractivity contribution in [2.75, 3.05) is 0 Å². The highest BCUT2D eigenvalue weighted by atomic mass is 32.2. The van der Waals surface area contributed by atoms with Gasteiger partial charge in [-0.2, -0.15) is 0 Å². The fourth-order valence-corrected chi connectivity index (χ4v) is 4.64. The lowest BCUT2D eigenvalue weighted by Crippen LogP contribution is -2.12. The Bertz CT molecular complexity index is 1380. The quantitative estimate of drug-likeness (QED) is 0.382. The molecule has 0 unspecified atom stereocenters. The highest BCUT2D eigenvalue weighted by Crippen LogP contribution is 2.29. The number of thiazole rings is 1. The third-order valence-electron chi connectivity index (χ3n) is 4.46. The Hall–Kier alpha value is -3.30. The third-order valence-corrected chi connectivity index (χ3v) is 6.17. The lowest BCUT2D eigenvalue weighted by Gasteiger charge is -2.10. The molecule has 5 aromatic rings. The number of aromatic nitrogens is 5. The van der Waals surface area contributed by atoms with Crippen molar-refractivity contribution < 1.29 is 4.39 Å². The van der Waals surface area contributed by atoms with Crippen molar-refractivity contribution >= 4 is 28.1 Å². The van der Waals surface area contributed by atoms with Gasteiger partial charge in [0.05, 0.1) is 5.69 Å². The molecular weight excluding hydrogens is 421 g/mol. The van der Waals surface area contributed by atoms with Gasteiger partial charge in [0.2, 0.25) is 0 Å². The highest BCUT2D eigenvalue weighted by Gasteiger charge is 2.17. The van der Waals surface area contributed by atoms with Gasteiger partial charge in [-0.05, 0) is 24.3 Å². The summed E-state index contributed by atoms with van der Waals surface area (Å²) in [5, 5.41) is 11.2. The van der Waals surface area contributed by atoms with Crippen molar-refractivity contribution in [3.05, 3.63) is 94.1 Å². The van der Waals surface area contributed by atoms with Crippen molar-refractivity contribution in [3.8, 4) is 17.1 Å². The monoisotopic (exact) mass is 435 g/mol. The molecule has 0 fully saturated rings. The maximum absolute atomic E-state index is 13.5. The molecule has 148 valence electrons. The second-order valence-corrected chi connectivity index (χ2v) is 8.23. The summed E-state index contributed by atoms with van der Waals surface area (Å²) in [7, 11) is 0. The maximum atomic E-state index is 13.5. The molecule has 0 aliphatic heterocycles. The Morgan fingerprint density at radius 2 is 1.83 bits per heavy atom. The minimum absolute atomic E-state index is 0.109. The van der Waals surface area contributed by atoms with E-state index in [1.54, 1.807) is 18.3 Å². The lowest BCUT2D eigenvalue weighted by molar-refractivity contribution is 0.627. The average Bonchev–Trinajstić information content (AvgIpc) is 3.41. The summed E-state index contributed by atoms with van der Waals surface area (Å²) in [5.41, 5.74) is 2.21. The van der Waals surface area contributed by atoms with Gasteiger partial charge in [-0.15, -0.1) is 21.5 Å². The van der Waals surface area contributed by atoms with Crippen LogP contribution in [0, 0.1) is 5.82 Å². The van der Waals surface area contributed by atoms with E-state index in [0.717, 1.165) is 11.3 Å². The minimum Gasteiger partial charge on any atom is -0.270 e. The highest BCUT2D eigenvalue weighted by molar-refractivity contribution is 7.98. The SMILES string of the molecule is O=c1cc(CSc2nnc(-c3ccccc3)n2-c2ccc(F)cc2)nc2sccn12. The Morgan fingerprint density at radius 3 is 2.63 bits per heavy atom. The molecule has 3 heterocycles. The van der Waals surface area contributed by atoms with Crippen LogP contribution in [0.15, 0.2) is 82.2 Å². The lowest BCUT2D eigenvalue weighted by atomic mass is 10.2. The van der Waals surface area contributed by atoms with E-state index in [0.29, 0.717) is 27.4 Å². The first-order valence-corrected chi connectivity index (χ1v) is 10.9. The molecule has 0 saturated heterocycles. The summed E-state index contributed by atoms with van der Waals surface area (Å²) in [6.07, 6.45) is 1.71. The summed E-state index contributed by atoms with van der Waals surface area (Å²) < 4.78 is 16.9. The van der Waals surface area contributed by atoms with Crippen LogP contribution in [0.3, 0.4) is 0 Å². The fourth-order valence-electron chi connectivity index (χ4n) is 3.06. The minimum atomic E-state index is -0.309. The van der Waals surface area contributed by atoms with Crippen molar-refractivity contribution in [2.45, 2.75) is 10.9 Å². The van der Waals surface area contributed by atoms with E-state index in [4.69, 9.17) is 0 Å². The van der Waals surface area contributed by atoms with Gasteiger partial charge < -0.3 is 0 Å². The Balaban J connectivity index is 1.53. The number of halogens is 1. The van der Waals surface area contributed by atoms with Gasteiger partial charge in [0.15, 0.2) is 15.9 Å². The van der Waals surface area contributed by atoms with Crippen molar-refractivity contribution in [1.82, 2.24) is 24.1 Å². The molecule has 6 nitrogen and oxygen atoms in total. The van der Waals surface area contributed by atoms with Gasteiger partial charge in [-0.1, -0.05) is 42.1 Å². The summed E-state index contributed by atoms with van der Waals surface area (Å²) in [6, 6.07) is 17.4. The molecule has 0 radical (unpaired) electrons. The first-order valence-electron chi connectivity index (χ1n) is 9.04. The number of hydrogen-bond acceptors (Lipinski definition) is 6. The second kappa shape index (κ2) is 7.85. The summed E-state index contributed by atoms with van der Waals surface area (Å²) in [4.78, 5) is 17.4. The van der Waals surface area contributed by atoms with Gasteiger partial charge in [-0.25, -0.2) is 9.37 Å². The van der Waals surface area contributed by atoms with Gasteiger partial charge in [0.1, 0.15) is 5.82 Å². The average molecular weight is 436 g/mol. The largest absolute Gasteiger partial charge is 0.270 e. The van der Waals surface area contributed by atoms with Crippen molar-refractivity contribution in [1.29, 1.82) is 0 Å². The number of nitrogens with zero attached hydrogens (tertiary/aromatic N) is 5. The van der Waals surface area contributed by atoms with E-state index in [1.165, 1.54) is 45.7 Å². The summed E-state index contributed by atoms with van der Waals surface area (Å²) in [6.45, 7) is 0. The molecule has 0 N–H and O–H groups in total. The number of hydrogen-bond donors (Lipinski definition) is 0. The molecule has 0 aliphatic rings. The van der Waals surface area contributed by atoms with Crippen LogP contribution < -0.4 is 5.56 Å². The molecule has 30 heavy (non-hydrogen) atoms. The molecule has 5 rings (SSSR count). The molecule has 0 atom stereocenters. The van der Waals surface area contributed by atoms with Crippen LogP contribution in [0.2, 0.25) is 0 Å². The van der Waals surface area contributed by atoms with Gasteiger partial charge in [0.25, 0.3) is 5.56 Å². The number of thioether (sulfide) groups is 1. The third kappa shape index (κ3) is 3.53. The first kappa shape index (κ1) is 18.7. The van der Waals surface area contributed by atoms with Crippen LogP contribution >= 0.6 is 23.1 Å². The van der Waals surface area contributed by atoms with Gasteiger partial charge >= 0.3 is 0 Å². The van der Waals surface area contributed by atoms with E-state index in [9.17, 15) is 9.18 Å². The molecule has 3 aromatic heterocycles. The van der Waals surface area contributed by atoms with Gasteiger partial charge in [-0.3, -0.25) is 13.8 Å². The Kier molecular flexibility index (Phi) is 4.89. The number of benzene rings is 2. The number of rotatable bonds is 5. The van der Waals surface area contributed by atoms with Crippen LogP contribution in [0.4, 0.5) is 4.39 Å². The second-order valence-electron chi connectivity index (χ2n) is 6.41. The Morgan fingerprint density at radius 1 is 1.03 bits per heavy atom. The predicted octanol–water partition coefficient (Wildman–Crippen LogP) is 4.44. The van der Waals surface area contributed by atoms with E-state index in [1.807, 2.05) is 40.3 Å². The molecule has 0 amide bonds. The molecule has 2 aromatic carbocycles. The zero-order valence-electron chi connectivity index (χ0n) is 15.5. The standard InChI is InChI=1S/C21H14FN5OS2/c22-15-6-8-17(9-7-15)27-19(14-4-2-1-3-5-14)24-25-21(27)30-13-16-12-18(28)26-10-11-29-20(26)23-16/h1-12H,13H2. The van der Waals surface area contributed by atoms with Crippen LogP contribution in [0.5, 0.6) is 0 Å². The smallest absolute Gasteiger partial charge is 0.258 e. The van der Waals surface area contributed by atoms with Crippen LogP contribution in [0.25, 0.3) is 22.0 Å². The molecule has 0 aliphatic carbocycles. The van der Waals surface area contributed by atoms with E-state index >= 15 is 0 Å². The normalized spacial score (nSPS) is 11.2. The van der Waals surface area contributed by atoms with Gasteiger partial charge in [0, 0.05) is 34.6 Å². The number of fused-ring (bicyclic) bond motifs is 1. The zero-order chi connectivity index (χ0) is 20.5. The molecule has 9 heteroatoms. The van der Waals surface area contributed by atoms with Crippen LogP contribution in [-0.4, -0.2) is 24.1 Å². The summed E-state index contributed by atoms with van der Waals surface area (Å²) >= 11 is 2.84. The zero-order valence-corrected chi connectivity index (χ0v) is 17.1. The topological polar surface area (TPSA) is 65.1 Å². The fraction of sp³-hybridized carbons (Fsp3) is 0.0476. The Labute approximate surface area is 178 Å². The molecule has 0 spiro atoms. The van der Waals surface area contributed by atoms with E-state index in [2.05, 4.69) is 15.2 Å². The van der Waals surface area contributed by atoms with E-state index in [-0.39, 0.29) is 11.4 Å². The molecule has 0 saturated carbocycles. The molecular formula is C21H14FN5OS2. The molecule has 0 bridgehead atoms. The van der Waals surface area contributed by atoms with E-state index < -0.39 is 0 Å². The van der Waals surface area contributed by atoms with Crippen molar-refractivity contribution in [3.63, 3.8) is 0 Å². The predicted molar refractivity (Wildman–Crippen MR) is 116 cm³/mol.